The largest absolute Gasteiger partial charge is 0.331 e. The van der Waals surface area contributed by atoms with Gasteiger partial charge in [-0.2, -0.15) is 0 Å². The molecule has 0 aliphatic rings. The molecule has 0 saturated carbocycles. The molecule has 0 aliphatic heterocycles. The van der Waals surface area contributed by atoms with Gasteiger partial charge in [-0.3, -0.25) is 4.79 Å². The molecule has 84 valence electrons. The molecule has 0 radical (unpaired) electrons. The van der Waals surface area contributed by atoms with E-state index in [2.05, 4.69) is 22.9 Å². The Balaban J connectivity index is 2.80. The number of benzene rings is 1. The summed E-state index contributed by atoms with van der Waals surface area (Å²) in [6, 6.07) is 5.87. The maximum absolute atomic E-state index is 11.1. The van der Waals surface area contributed by atoms with Gasteiger partial charge >= 0.3 is 0 Å². The van der Waals surface area contributed by atoms with Crippen molar-refractivity contribution in [3.63, 3.8) is 0 Å². The summed E-state index contributed by atoms with van der Waals surface area (Å²) in [5.74, 6) is 0. The Bertz CT molecular complexity index is 547. The predicted molar refractivity (Wildman–Crippen MR) is 70.3 cm³/mol. The summed E-state index contributed by atoms with van der Waals surface area (Å²) >= 11 is 9.60. The normalized spacial score (nSPS) is 10.9. The van der Waals surface area contributed by atoms with Crippen molar-refractivity contribution in [2.24, 2.45) is 0 Å². The molecule has 4 heteroatoms. The smallest absolute Gasteiger partial charge is 0.153 e. The van der Waals surface area contributed by atoms with Crippen LogP contribution in [0.2, 0.25) is 5.15 Å². The van der Waals surface area contributed by atoms with Crippen LogP contribution in [0, 0.1) is 0 Å². The number of aromatic nitrogens is 1. The molecule has 0 atom stereocenters. The Labute approximate surface area is 107 Å². The molecule has 0 saturated heterocycles. The maximum atomic E-state index is 11.1. The number of carbonyl (C=O) groups is 1. The Morgan fingerprint density at radius 2 is 2.25 bits per heavy atom. The van der Waals surface area contributed by atoms with Crippen LogP contribution in [0.25, 0.3) is 10.9 Å². The van der Waals surface area contributed by atoms with Crippen molar-refractivity contribution in [3.8, 4) is 0 Å². The van der Waals surface area contributed by atoms with Gasteiger partial charge in [0.15, 0.2) is 6.29 Å². The van der Waals surface area contributed by atoms with Gasteiger partial charge in [0.1, 0.15) is 5.15 Å². The van der Waals surface area contributed by atoms with Crippen LogP contribution in [0.1, 0.15) is 23.7 Å². The molecule has 0 amide bonds. The summed E-state index contributed by atoms with van der Waals surface area (Å²) in [7, 11) is 0. The van der Waals surface area contributed by atoms with E-state index in [1.165, 1.54) is 0 Å². The van der Waals surface area contributed by atoms with Crippen LogP contribution < -0.4 is 0 Å². The van der Waals surface area contributed by atoms with Crippen LogP contribution in [0.4, 0.5) is 0 Å². The number of carbonyl (C=O) groups excluding carboxylic acids is 1. The van der Waals surface area contributed by atoms with E-state index in [1.807, 2.05) is 22.8 Å². The molecule has 2 aromatic rings. The molecule has 2 rings (SSSR count). The van der Waals surface area contributed by atoms with Gasteiger partial charge in [-0.05, 0) is 24.6 Å². The van der Waals surface area contributed by atoms with E-state index in [1.54, 1.807) is 0 Å². The Kier molecular flexibility index (Phi) is 3.36. The second-order valence-corrected chi connectivity index (χ2v) is 4.91. The lowest BCUT2D eigenvalue weighted by Crippen LogP contribution is -1.96. The minimum atomic E-state index is 0.532. The number of aldehydes is 1. The number of fused-ring (bicyclic) bond motifs is 1. The van der Waals surface area contributed by atoms with Crippen LogP contribution >= 0.6 is 27.5 Å². The van der Waals surface area contributed by atoms with Crippen molar-refractivity contribution in [1.82, 2.24) is 4.57 Å². The topological polar surface area (TPSA) is 22.0 Å². The van der Waals surface area contributed by atoms with Crippen LogP contribution in [0.5, 0.6) is 0 Å². The molecule has 2 nitrogen and oxygen atoms in total. The second kappa shape index (κ2) is 4.60. The number of halogens is 2. The van der Waals surface area contributed by atoms with Gasteiger partial charge in [-0.25, -0.2) is 0 Å². The Morgan fingerprint density at radius 1 is 1.50 bits per heavy atom. The first-order valence-electron chi connectivity index (χ1n) is 5.11. The van der Waals surface area contributed by atoms with Crippen LogP contribution in [-0.4, -0.2) is 10.9 Å². The van der Waals surface area contributed by atoms with Crippen LogP contribution in [0.15, 0.2) is 22.7 Å². The van der Waals surface area contributed by atoms with E-state index in [0.717, 1.165) is 34.6 Å². The summed E-state index contributed by atoms with van der Waals surface area (Å²) in [5, 5.41) is 1.44. The first-order chi connectivity index (χ1) is 7.69. The average Bonchev–Trinajstić information content (AvgIpc) is 2.52. The van der Waals surface area contributed by atoms with E-state index in [-0.39, 0.29) is 0 Å². The third-order valence-corrected chi connectivity index (χ3v) is 3.46. The fourth-order valence-corrected chi connectivity index (χ4v) is 2.56. The van der Waals surface area contributed by atoms with Gasteiger partial charge in [0.05, 0.1) is 5.56 Å². The number of aryl methyl sites for hydroxylation is 1. The number of nitrogens with zero attached hydrogens (tertiary/aromatic N) is 1. The van der Waals surface area contributed by atoms with Crippen molar-refractivity contribution >= 4 is 44.7 Å². The zero-order chi connectivity index (χ0) is 11.7. The molecule has 0 spiro atoms. The molecule has 1 aromatic heterocycles. The van der Waals surface area contributed by atoms with Crippen molar-refractivity contribution in [2.75, 3.05) is 0 Å². The molecular formula is C12H11BrClNO. The summed E-state index contributed by atoms with van der Waals surface area (Å²) in [6.45, 7) is 2.91. The molecule has 16 heavy (non-hydrogen) atoms. The van der Waals surface area contributed by atoms with Gasteiger partial charge in [-0.1, -0.05) is 34.5 Å². The van der Waals surface area contributed by atoms with Gasteiger partial charge in [0, 0.05) is 21.9 Å². The summed E-state index contributed by atoms with van der Waals surface area (Å²) < 4.78 is 2.93. The summed E-state index contributed by atoms with van der Waals surface area (Å²) in [4.78, 5) is 11.1. The lowest BCUT2D eigenvalue weighted by Gasteiger charge is -2.04. The molecular weight excluding hydrogens is 289 g/mol. The molecule has 1 heterocycles. The fourth-order valence-electron chi connectivity index (χ4n) is 1.88. The highest BCUT2D eigenvalue weighted by Gasteiger charge is 2.14. The highest BCUT2D eigenvalue weighted by molar-refractivity contribution is 9.10. The molecule has 0 N–H and O–H groups in total. The van der Waals surface area contributed by atoms with Gasteiger partial charge in [0.2, 0.25) is 0 Å². The molecule has 1 aromatic carbocycles. The van der Waals surface area contributed by atoms with Crippen molar-refractivity contribution in [2.45, 2.75) is 19.9 Å². The number of hydrogen-bond acceptors (Lipinski definition) is 1. The highest BCUT2D eigenvalue weighted by atomic mass is 79.9. The SMILES string of the molecule is CCCn1c(Cl)c(C=O)c2cc(Br)ccc21. The third kappa shape index (κ3) is 1.78. The minimum Gasteiger partial charge on any atom is -0.331 e. The molecule has 0 fully saturated rings. The monoisotopic (exact) mass is 299 g/mol. The van der Waals surface area contributed by atoms with E-state index in [9.17, 15) is 4.79 Å². The van der Waals surface area contributed by atoms with Crippen molar-refractivity contribution in [1.29, 1.82) is 0 Å². The third-order valence-electron chi connectivity index (χ3n) is 2.56. The van der Waals surface area contributed by atoms with Gasteiger partial charge < -0.3 is 4.57 Å². The van der Waals surface area contributed by atoms with Crippen LogP contribution in [0.3, 0.4) is 0 Å². The fraction of sp³-hybridized carbons (Fsp3) is 0.250. The lowest BCUT2D eigenvalue weighted by molar-refractivity contribution is 0.112. The zero-order valence-electron chi connectivity index (χ0n) is 8.84. The lowest BCUT2D eigenvalue weighted by atomic mass is 10.2. The van der Waals surface area contributed by atoms with Gasteiger partial charge in [-0.15, -0.1) is 0 Å². The van der Waals surface area contributed by atoms with E-state index in [0.29, 0.717) is 10.7 Å². The maximum Gasteiger partial charge on any atom is 0.153 e. The second-order valence-electron chi connectivity index (χ2n) is 3.64. The quantitative estimate of drug-likeness (QED) is 0.776. The summed E-state index contributed by atoms with van der Waals surface area (Å²) in [5.41, 5.74) is 1.59. The average molecular weight is 301 g/mol. The van der Waals surface area contributed by atoms with Crippen molar-refractivity contribution < 1.29 is 4.79 Å². The highest BCUT2D eigenvalue weighted by Crippen LogP contribution is 2.31. The van der Waals surface area contributed by atoms with Crippen LogP contribution in [-0.2, 0) is 6.54 Å². The standard InChI is InChI=1S/C12H11BrClNO/c1-2-5-15-11-4-3-8(13)6-9(11)10(7-16)12(15)14/h3-4,6-7H,2,5H2,1H3. The Hall–Kier alpha value is -0.800. The molecule has 0 bridgehead atoms. The van der Waals surface area contributed by atoms with E-state index < -0.39 is 0 Å². The minimum absolute atomic E-state index is 0.532. The molecule has 0 unspecified atom stereocenters. The number of rotatable bonds is 3. The van der Waals surface area contributed by atoms with Crippen molar-refractivity contribution in [3.05, 3.63) is 33.4 Å². The van der Waals surface area contributed by atoms with E-state index >= 15 is 0 Å². The summed E-state index contributed by atoms with van der Waals surface area (Å²) in [6.07, 6.45) is 1.81. The zero-order valence-corrected chi connectivity index (χ0v) is 11.2. The predicted octanol–water partition coefficient (Wildman–Crippen LogP) is 4.28. The Morgan fingerprint density at radius 3 is 2.88 bits per heavy atom. The van der Waals surface area contributed by atoms with Gasteiger partial charge in [0.25, 0.3) is 0 Å². The molecule has 0 aliphatic carbocycles. The van der Waals surface area contributed by atoms with E-state index in [4.69, 9.17) is 11.6 Å². The number of hydrogen-bond donors (Lipinski definition) is 0. The first-order valence-corrected chi connectivity index (χ1v) is 6.28. The first kappa shape index (κ1) is 11.7.